The molecule has 14 heavy (non-hydrogen) atoms. The third-order valence-electron chi connectivity index (χ3n) is 2.68. The van der Waals surface area contributed by atoms with Crippen LogP contribution in [0.2, 0.25) is 0 Å². The molecule has 1 aliphatic carbocycles. The Bertz CT molecular complexity index is 177. The van der Waals surface area contributed by atoms with Crippen molar-refractivity contribution in [1.82, 2.24) is 10.6 Å². The van der Waals surface area contributed by atoms with Gasteiger partial charge < -0.3 is 10.6 Å². The Morgan fingerprint density at radius 2 is 2.00 bits per heavy atom. The summed E-state index contributed by atoms with van der Waals surface area (Å²) in [6.07, 6.45) is 7.39. The lowest BCUT2D eigenvalue weighted by molar-refractivity contribution is 0.420. The molecule has 0 aliphatic heterocycles. The van der Waals surface area contributed by atoms with E-state index in [4.69, 9.17) is 12.2 Å². The van der Waals surface area contributed by atoms with Crippen LogP contribution < -0.4 is 10.6 Å². The highest BCUT2D eigenvalue weighted by atomic mass is 32.2. The summed E-state index contributed by atoms with van der Waals surface area (Å²) < 4.78 is 0. The van der Waals surface area contributed by atoms with E-state index >= 15 is 0 Å². The molecule has 1 rings (SSSR count). The third kappa shape index (κ3) is 4.05. The van der Waals surface area contributed by atoms with Crippen LogP contribution in [0.1, 0.15) is 32.6 Å². The van der Waals surface area contributed by atoms with Crippen molar-refractivity contribution < 1.29 is 0 Å². The normalized spacial score (nSPS) is 27.0. The average Bonchev–Trinajstić information content (AvgIpc) is 2.19. The molecule has 0 unspecified atom stereocenters. The fraction of sp³-hybridized carbons (Fsp3) is 0.900. The van der Waals surface area contributed by atoms with E-state index in [2.05, 4.69) is 23.8 Å². The smallest absolute Gasteiger partial charge is 0.166 e. The molecule has 1 saturated carbocycles. The number of hydrogen-bond acceptors (Lipinski definition) is 2. The highest BCUT2D eigenvalue weighted by molar-refractivity contribution is 7.99. The molecule has 0 aromatic heterocycles. The summed E-state index contributed by atoms with van der Waals surface area (Å²) in [7, 11) is 0. The van der Waals surface area contributed by atoms with Gasteiger partial charge in [-0.25, -0.2) is 0 Å². The molecular weight excluding hydrogens is 212 g/mol. The monoisotopic (exact) mass is 232 g/mol. The minimum Gasteiger partial charge on any atom is -0.363 e. The van der Waals surface area contributed by atoms with E-state index in [1.54, 1.807) is 0 Å². The van der Waals surface area contributed by atoms with Gasteiger partial charge in [-0.3, -0.25) is 0 Å². The van der Waals surface area contributed by atoms with Crippen LogP contribution in [0, 0.1) is 0 Å². The molecule has 0 aromatic rings. The predicted molar refractivity (Wildman–Crippen MR) is 69.0 cm³/mol. The highest BCUT2D eigenvalue weighted by Gasteiger charge is 2.20. The lowest BCUT2D eigenvalue weighted by Crippen LogP contribution is -2.43. The van der Waals surface area contributed by atoms with Gasteiger partial charge in [0.15, 0.2) is 5.11 Å². The van der Waals surface area contributed by atoms with Crippen molar-refractivity contribution in [2.75, 3.05) is 12.8 Å². The van der Waals surface area contributed by atoms with Crippen molar-refractivity contribution >= 4 is 29.1 Å². The maximum absolute atomic E-state index is 5.16. The quantitative estimate of drug-likeness (QED) is 0.728. The van der Waals surface area contributed by atoms with E-state index in [1.807, 2.05) is 11.8 Å². The van der Waals surface area contributed by atoms with E-state index in [1.165, 1.54) is 25.7 Å². The second kappa shape index (κ2) is 6.51. The number of nitrogens with one attached hydrogen (secondary N) is 2. The first-order chi connectivity index (χ1) is 6.76. The van der Waals surface area contributed by atoms with Crippen LogP contribution in [0.4, 0.5) is 0 Å². The van der Waals surface area contributed by atoms with Crippen LogP contribution in [-0.4, -0.2) is 29.2 Å². The first kappa shape index (κ1) is 12.1. The summed E-state index contributed by atoms with van der Waals surface area (Å²) in [5.41, 5.74) is 0. The molecule has 1 aliphatic rings. The zero-order valence-electron chi connectivity index (χ0n) is 9.01. The molecule has 0 aromatic carbocycles. The summed E-state index contributed by atoms with van der Waals surface area (Å²) in [5, 5.41) is 8.20. The second-order valence-corrected chi connectivity index (χ2v) is 5.26. The molecule has 0 amide bonds. The van der Waals surface area contributed by atoms with E-state index in [-0.39, 0.29) is 0 Å². The van der Waals surface area contributed by atoms with E-state index in [9.17, 15) is 0 Å². The summed E-state index contributed by atoms with van der Waals surface area (Å²) in [5.74, 6) is 0. The predicted octanol–water partition coefficient (Wildman–Crippen LogP) is 2.14. The number of thiocarbonyl (C=S) groups is 1. The third-order valence-corrected chi connectivity index (χ3v) is 4.08. The van der Waals surface area contributed by atoms with Crippen LogP contribution in [0.3, 0.4) is 0 Å². The number of thioether (sulfide) groups is 1. The summed E-state index contributed by atoms with van der Waals surface area (Å²) in [6.45, 7) is 2.98. The van der Waals surface area contributed by atoms with Crippen molar-refractivity contribution in [1.29, 1.82) is 0 Å². The van der Waals surface area contributed by atoms with Gasteiger partial charge >= 0.3 is 0 Å². The lowest BCUT2D eigenvalue weighted by Gasteiger charge is -2.28. The van der Waals surface area contributed by atoms with Crippen LogP contribution in [-0.2, 0) is 0 Å². The molecule has 82 valence electrons. The van der Waals surface area contributed by atoms with Crippen molar-refractivity contribution in [3.05, 3.63) is 0 Å². The number of rotatable bonds is 3. The highest BCUT2D eigenvalue weighted by Crippen LogP contribution is 2.26. The van der Waals surface area contributed by atoms with E-state index < -0.39 is 0 Å². The van der Waals surface area contributed by atoms with Crippen LogP contribution in [0.15, 0.2) is 0 Å². The summed E-state index contributed by atoms with van der Waals surface area (Å²) >= 11 is 7.17. The molecule has 0 spiro atoms. The summed E-state index contributed by atoms with van der Waals surface area (Å²) in [4.78, 5) is 0. The van der Waals surface area contributed by atoms with Gasteiger partial charge in [-0.2, -0.15) is 11.8 Å². The van der Waals surface area contributed by atoms with Gasteiger partial charge in [0.2, 0.25) is 0 Å². The SMILES string of the molecule is CCNC(=S)NC1CCC(SC)CC1. The molecule has 1 fully saturated rings. The maximum Gasteiger partial charge on any atom is 0.166 e. The fourth-order valence-corrected chi connectivity index (χ4v) is 2.89. The van der Waals surface area contributed by atoms with Gasteiger partial charge in [0.1, 0.15) is 0 Å². The Morgan fingerprint density at radius 3 is 2.50 bits per heavy atom. The lowest BCUT2D eigenvalue weighted by atomic mass is 9.95. The molecule has 0 saturated heterocycles. The average molecular weight is 232 g/mol. The summed E-state index contributed by atoms with van der Waals surface area (Å²) in [6, 6.07) is 0.602. The van der Waals surface area contributed by atoms with Crippen LogP contribution in [0.5, 0.6) is 0 Å². The van der Waals surface area contributed by atoms with Gasteiger partial charge in [0.25, 0.3) is 0 Å². The topological polar surface area (TPSA) is 24.1 Å². The molecule has 2 N–H and O–H groups in total. The van der Waals surface area contributed by atoms with Crippen molar-refractivity contribution in [3.63, 3.8) is 0 Å². The van der Waals surface area contributed by atoms with Crippen LogP contribution in [0.25, 0.3) is 0 Å². The van der Waals surface area contributed by atoms with Crippen molar-refractivity contribution in [2.45, 2.75) is 43.9 Å². The molecule has 0 heterocycles. The molecule has 4 heteroatoms. The minimum atomic E-state index is 0.602. The largest absolute Gasteiger partial charge is 0.363 e. The Kier molecular flexibility index (Phi) is 5.63. The number of hydrogen-bond donors (Lipinski definition) is 2. The fourth-order valence-electron chi connectivity index (χ4n) is 1.84. The van der Waals surface area contributed by atoms with Gasteiger partial charge in [-0.15, -0.1) is 0 Å². The van der Waals surface area contributed by atoms with E-state index in [0.717, 1.165) is 16.9 Å². The molecule has 0 radical (unpaired) electrons. The van der Waals surface area contributed by atoms with Gasteiger partial charge in [0.05, 0.1) is 0 Å². The Balaban J connectivity index is 2.18. The molecular formula is C10H20N2S2. The Morgan fingerprint density at radius 1 is 1.36 bits per heavy atom. The van der Waals surface area contributed by atoms with Gasteiger partial charge in [-0.1, -0.05) is 0 Å². The zero-order valence-corrected chi connectivity index (χ0v) is 10.6. The first-order valence-electron chi connectivity index (χ1n) is 5.33. The minimum absolute atomic E-state index is 0.602. The Hall–Kier alpha value is 0.0400. The van der Waals surface area contributed by atoms with Crippen LogP contribution >= 0.6 is 24.0 Å². The van der Waals surface area contributed by atoms with Gasteiger partial charge in [0, 0.05) is 17.8 Å². The molecule has 0 bridgehead atoms. The van der Waals surface area contributed by atoms with Gasteiger partial charge in [-0.05, 0) is 51.1 Å². The van der Waals surface area contributed by atoms with Crippen molar-refractivity contribution in [3.8, 4) is 0 Å². The molecule has 0 atom stereocenters. The standard InChI is InChI=1S/C10H20N2S2/c1-3-11-10(13)12-8-4-6-9(14-2)7-5-8/h8-9H,3-7H2,1-2H3,(H2,11,12,13). The second-order valence-electron chi connectivity index (χ2n) is 3.71. The molecule has 2 nitrogen and oxygen atoms in total. The zero-order chi connectivity index (χ0) is 10.4. The first-order valence-corrected chi connectivity index (χ1v) is 7.03. The van der Waals surface area contributed by atoms with E-state index in [0.29, 0.717) is 6.04 Å². The van der Waals surface area contributed by atoms with Crippen molar-refractivity contribution in [2.24, 2.45) is 0 Å². The maximum atomic E-state index is 5.16. The Labute approximate surface area is 96.6 Å².